The van der Waals surface area contributed by atoms with Crippen LogP contribution in [-0.4, -0.2) is 81.5 Å². The van der Waals surface area contributed by atoms with Crippen LogP contribution in [0.15, 0.2) is 0 Å². The highest BCUT2D eigenvalue weighted by molar-refractivity contribution is 7.91. The van der Waals surface area contributed by atoms with Crippen LogP contribution in [0.1, 0.15) is 6.42 Å². The van der Waals surface area contributed by atoms with Gasteiger partial charge in [0.05, 0.1) is 30.8 Å². The highest BCUT2D eigenvalue weighted by Crippen LogP contribution is 2.12. The standard InChI is InChI=1S/C11H22N2O4S/c14-11-9-18(15,16)8-10(11)12-2-1-3-13-4-6-17-7-5-13/h10-12,14H,1-9H2/t10-,11+/m0/s1. The average Bonchev–Trinajstić information content (AvgIpc) is 2.59. The molecular weight excluding hydrogens is 256 g/mol. The highest BCUT2D eigenvalue weighted by atomic mass is 32.2. The van der Waals surface area contributed by atoms with Crippen molar-refractivity contribution in [3.05, 3.63) is 0 Å². The molecule has 18 heavy (non-hydrogen) atoms. The molecule has 0 spiro atoms. The van der Waals surface area contributed by atoms with Gasteiger partial charge in [-0.2, -0.15) is 0 Å². The number of hydrogen-bond acceptors (Lipinski definition) is 6. The van der Waals surface area contributed by atoms with Gasteiger partial charge in [0.15, 0.2) is 9.84 Å². The minimum absolute atomic E-state index is 0.0612. The lowest BCUT2D eigenvalue weighted by molar-refractivity contribution is 0.0372. The lowest BCUT2D eigenvalue weighted by Crippen LogP contribution is -2.41. The summed E-state index contributed by atoms with van der Waals surface area (Å²) in [5.74, 6) is -0.0418. The van der Waals surface area contributed by atoms with Crippen molar-refractivity contribution in [3.8, 4) is 0 Å². The maximum atomic E-state index is 11.3. The Kier molecular flexibility index (Phi) is 4.97. The summed E-state index contributed by atoms with van der Waals surface area (Å²) in [6.07, 6.45) is 0.210. The predicted octanol–water partition coefficient (Wildman–Crippen LogP) is -1.54. The van der Waals surface area contributed by atoms with Crippen LogP contribution in [0.5, 0.6) is 0 Å². The SMILES string of the molecule is O=S1(=O)C[C@@H](O)[C@@H](NCCCN2CCOCC2)C1. The van der Waals surface area contributed by atoms with Crippen LogP contribution in [0.2, 0.25) is 0 Å². The van der Waals surface area contributed by atoms with Gasteiger partial charge < -0.3 is 15.2 Å². The van der Waals surface area contributed by atoms with E-state index in [1.54, 1.807) is 0 Å². The van der Waals surface area contributed by atoms with Crippen molar-refractivity contribution in [2.75, 3.05) is 50.9 Å². The Morgan fingerprint density at radius 3 is 2.61 bits per heavy atom. The molecule has 2 aliphatic rings. The third-order valence-electron chi connectivity index (χ3n) is 3.48. The number of ether oxygens (including phenoxy) is 1. The summed E-state index contributed by atoms with van der Waals surface area (Å²) in [4.78, 5) is 2.34. The predicted molar refractivity (Wildman–Crippen MR) is 68.3 cm³/mol. The van der Waals surface area contributed by atoms with Crippen molar-refractivity contribution >= 4 is 9.84 Å². The third kappa shape index (κ3) is 4.17. The van der Waals surface area contributed by atoms with Crippen LogP contribution in [-0.2, 0) is 14.6 Å². The van der Waals surface area contributed by atoms with Crippen molar-refractivity contribution in [2.45, 2.75) is 18.6 Å². The van der Waals surface area contributed by atoms with Gasteiger partial charge in [0.1, 0.15) is 0 Å². The lowest BCUT2D eigenvalue weighted by Gasteiger charge is -2.26. The molecule has 0 bridgehead atoms. The van der Waals surface area contributed by atoms with E-state index in [2.05, 4.69) is 10.2 Å². The van der Waals surface area contributed by atoms with E-state index in [0.717, 1.165) is 45.8 Å². The molecule has 2 heterocycles. The van der Waals surface area contributed by atoms with E-state index in [-0.39, 0.29) is 17.5 Å². The zero-order valence-electron chi connectivity index (χ0n) is 10.5. The molecule has 0 aromatic carbocycles. The number of morpholine rings is 1. The van der Waals surface area contributed by atoms with E-state index in [1.807, 2.05) is 0 Å². The van der Waals surface area contributed by atoms with Crippen molar-refractivity contribution in [1.82, 2.24) is 10.2 Å². The number of hydrogen-bond donors (Lipinski definition) is 2. The van der Waals surface area contributed by atoms with E-state index in [4.69, 9.17) is 4.74 Å². The van der Waals surface area contributed by atoms with Crippen LogP contribution in [0.4, 0.5) is 0 Å². The van der Waals surface area contributed by atoms with Gasteiger partial charge in [-0.05, 0) is 19.5 Å². The molecule has 6 nitrogen and oxygen atoms in total. The number of nitrogens with one attached hydrogen (secondary N) is 1. The van der Waals surface area contributed by atoms with Gasteiger partial charge in [0.2, 0.25) is 0 Å². The normalized spacial score (nSPS) is 32.7. The van der Waals surface area contributed by atoms with E-state index in [0.29, 0.717) is 0 Å². The van der Waals surface area contributed by atoms with Crippen LogP contribution in [0, 0.1) is 0 Å². The Balaban J connectivity index is 1.60. The first-order chi connectivity index (χ1) is 8.57. The molecule has 7 heteroatoms. The van der Waals surface area contributed by atoms with Gasteiger partial charge in [0, 0.05) is 19.1 Å². The Bertz CT molecular complexity index is 354. The summed E-state index contributed by atoms with van der Waals surface area (Å²) < 4.78 is 27.9. The second kappa shape index (κ2) is 6.29. The van der Waals surface area contributed by atoms with E-state index < -0.39 is 15.9 Å². The van der Waals surface area contributed by atoms with Gasteiger partial charge in [-0.3, -0.25) is 4.90 Å². The summed E-state index contributed by atoms with van der Waals surface area (Å²) in [6, 6.07) is -0.292. The largest absolute Gasteiger partial charge is 0.390 e. The maximum Gasteiger partial charge on any atom is 0.154 e. The number of sulfone groups is 1. The van der Waals surface area contributed by atoms with E-state index in [1.165, 1.54) is 0 Å². The zero-order chi connectivity index (χ0) is 13.0. The van der Waals surface area contributed by atoms with Crippen molar-refractivity contribution in [1.29, 1.82) is 0 Å². The first-order valence-corrected chi connectivity index (χ1v) is 8.31. The second-order valence-corrected chi connectivity index (χ2v) is 7.17. The molecule has 2 aliphatic heterocycles. The molecular formula is C11H22N2O4S. The average molecular weight is 278 g/mol. The van der Waals surface area contributed by atoms with Crippen molar-refractivity contribution in [3.63, 3.8) is 0 Å². The quantitative estimate of drug-likeness (QED) is 0.593. The fraction of sp³-hybridized carbons (Fsp3) is 1.00. The molecule has 0 radical (unpaired) electrons. The Hall–Kier alpha value is -0.210. The highest BCUT2D eigenvalue weighted by Gasteiger charge is 2.35. The number of aliphatic hydroxyl groups excluding tert-OH is 1. The molecule has 2 saturated heterocycles. The minimum atomic E-state index is -3.04. The Morgan fingerprint density at radius 2 is 2.00 bits per heavy atom. The van der Waals surface area contributed by atoms with E-state index >= 15 is 0 Å². The molecule has 2 N–H and O–H groups in total. The van der Waals surface area contributed by atoms with Crippen molar-refractivity contribution in [2.24, 2.45) is 0 Å². The zero-order valence-corrected chi connectivity index (χ0v) is 11.4. The van der Waals surface area contributed by atoms with Crippen molar-refractivity contribution < 1.29 is 18.3 Å². The molecule has 2 fully saturated rings. The number of nitrogens with zero attached hydrogens (tertiary/aromatic N) is 1. The summed E-state index contributed by atoms with van der Waals surface area (Å²) in [5, 5.41) is 12.7. The van der Waals surface area contributed by atoms with Gasteiger partial charge in [-0.1, -0.05) is 0 Å². The van der Waals surface area contributed by atoms with Gasteiger partial charge in [0.25, 0.3) is 0 Å². The molecule has 0 unspecified atom stereocenters. The summed E-state index contributed by atoms with van der Waals surface area (Å²) in [5.41, 5.74) is 0. The monoisotopic (exact) mass is 278 g/mol. The van der Waals surface area contributed by atoms with Gasteiger partial charge in [-0.25, -0.2) is 8.42 Å². The van der Waals surface area contributed by atoms with Crippen LogP contribution >= 0.6 is 0 Å². The molecule has 0 aliphatic carbocycles. The smallest absolute Gasteiger partial charge is 0.154 e. The van der Waals surface area contributed by atoms with Crippen LogP contribution in [0.3, 0.4) is 0 Å². The molecule has 0 amide bonds. The van der Waals surface area contributed by atoms with Gasteiger partial charge >= 0.3 is 0 Å². The molecule has 0 saturated carbocycles. The molecule has 2 atom stereocenters. The topological polar surface area (TPSA) is 78.9 Å². The summed E-state index contributed by atoms with van der Waals surface area (Å²) in [7, 11) is -3.04. The van der Waals surface area contributed by atoms with E-state index in [9.17, 15) is 13.5 Å². The number of aliphatic hydroxyl groups is 1. The Labute approximate surface area is 108 Å². The molecule has 0 aromatic rings. The molecule has 2 rings (SSSR count). The summed E-state index contributed by atoms with van der Waals surface area (Å²) >= 11 is 0. The fourth-order valence-corrected chi connectivity index (χ4v) is 4.21. The number of rotatable bonds is 5. The maximum absolute atomic E-state index is 11.3. The first kappa shape index (κ1) is 14.2. The Morgan fingerprint density at radius 1 is 1.28 bits per heavy atom. The molecule has 0 aromatic heterocycles. The second-order valence-electron chi connectivity index (χ2n) is 5.01. The lowest BCUT2D eigenvalue weighted by atomic mass is 10.2. The summed E-state index contributed by atoms with van der Waals surface area (Å²) in [6.45, 7) is 5.28. The molecule has 106 valence electrons. The minimum Gasteiger partial charge on any atom is -0.390 e. The fourth-order valence-electron chi connectivity index (χ4n) is 2.44. The van der Waals surface area contributed by atoms with Crippen LogP contribution in [0.25, 0.3) is 0 Å². The first-order valence-electron chi connectivity index (χ1n) is 6.49. The van der Waals surface area contributed by atoms with Crippen LogP contribution < -0.4 is 5.32 Å². The third-order valence-corrected chi connectivity index (χ3v) is 5.20. The van der Waals surface area contributed by atoms with Gasteiger partial charge in [-0.15, -0.1) is 0 Å².